The molecule has 2 N–H and O–H groups in total. The maximum absolute atomic E-state index is 13.8. The van der Waals surface area contributed by atoms with Crippen LogP contribution in [-0.2, 0) is 23.9 Å². The molecule has 11 nitrogen and oxygen atoms in total. The van der Waals surface area contributed by atoms with E-state index in [1.807, 2.05) is 11.8 Å². The van der Waals surface area contributed by atoms with Crippen molar-refractivity contribution < 1.29 is 27.9 Å². The van der Waals surface area contributed by atoms with E-state index in [0.29, 0.717) is 26.5 Å². The predicted octanol–water partition coefficient (Wildman–Crippen LogP) is 4.86. The summed E-state index contributed by atoms with van der Waals surface area (Å²) in [5, 5.41) is 12.6. The molecule has 17 heteroatoms. The van der Waals surface area contributed by atoms with Crippen LogP contribution >= 0.6 is 38.9 Å². The van der Waals surface area contributed by atoms with Crippen LogP contribution in [-0.4, -0.2) is 67.5 Å². The van der Waals surface area contributed by atoms with Crippen molar-refractivity contribution in [3.05, 3.63) is 66.3 Å². The van der Waals surface area contributed by atoms with Gasteiger partial charge in [-0.3, -0.25) is 14.4 Å². The van der Waals surface area contributed by atoms with Crippen molar-refractivity contribution in [1.82, 2.24) is 24.4 Å². The number of nitrogens with one attached hydrogen (secondary N) is 1. The smallest absolute Gasteiger partial charge is 0.416 e. The fraction of sp³-hybridized carbons (Fsp3) is 0.333. The number of anilines is 2. The number of rotatable bonds is 6. The number of aromatic hydroxyl groups is 1. The Balaban J connectivity index is 1.43. The van der Waals surface area contributed by atoms with Crippen molar-refractivity contribution in [2.45, 2.75) is 33.0 Å². The van der Waals surface area contributed by atoms with Gasteiger partial charge in [0, 0.05) is 31.9 Å². The van der Waals surface area contributed by atoms with Crippen molar-refractivity contribution in [2.24, 2.45) is 0 Å². The van der Waals surface area contributed by atoms with Crippen molar-refractivity contribution in [2.75, 3.05) is 36.4 Å². The van der Waals surface area contributed by atoms with Gasteiger partial charge in [0.2, 0.25) is 11.3 Å². The lowest BCUT2D eigenvalue weighted by molar-refractivity contribution is -0.137. The first kappa shape index (κ1) is 31.7. The zero-order chi connectivity index (χ0) is 31.9. The first-order chi connectivity index (χ1) is 20.8. The first-order valence-corrected chi connectivity index (χ1v) is 15.2. The Morgan fingerprint density at radius 3 is 2.52 bits per heavy atom. The molecule has 0 unspecified atom stereocenters. The van der Waals surface area contributed by atoms with Crippen LogP contribution in [0.3, 0.4) is 0 Å². The van der Waals surface area contributed by atoms with Crippen molar-refractivity contribution in [3.63, 3.8) is 0 Å². The second kappa shape index (κ2) is 12.3. The van der Waals surface area contributed by atoms with Crippen LogP contribution in [0.25, 0.3) is 10.3 Å². The molecule has 1 aliphatic heterocycles. The van der Waals surface area contributed by atoms with E-state index in [9.17, 15) is 32.7 Å². The van der Waals surface area contributed by atoms with Gasteiger partial charge in [0.25, 0.3) is 5.91 Å². The molecule has 1 aliphatic rings. The Kier molecular flexibility index (Phi) is 8.87. The van der Waals surface area contributed by atoms with Gasteiger partial charge in [-0.15, -0.1) is 0 Å². The molecular weight excluding hydrogens is 691 g/mol. The standard InChI is InChI=1S/C27H24BrClF3N7O4S/c1-3-17-21(37-6-8-38(9-7-37)24(43)19-22(41)13(2)33-12-34-19)23(42)20-25(44-26(28)36-20)39(17)11-18(40)35-16-5-4-14(10-15(16)29)27(30,31)32/h4-5,10,12,41H,3,6-9,11H2,1-2H3,(H,35,40). The summed E-state index contributed by atoms with van der Waals surface area (Å²) in [6.45, 7) is 4.15. The highest BCUT2D eigenvalue weighted by Gasteiger charge is 2.32. The van der Waals surface area contributed by atoms with E-state index in [-0.39, 0.29) is 71.5 Å². The van der Waals surface area contributed by atoms with Crippen molar-refractivity contribution in [1.29, 1.82) is 0 Å². The second-order valence-corrected chi connectivity index (χ2v) is 12.5. The van der Waals surface area contributed by atoms with Gasteiger partial charge in [0.05, 0.1) is 22.0 Å². The topological polar surface area (TPSA) is 134 Å². The van der Waals surface area contributed by atoms with E-state index in [0.717, 1.165) is 18.2 Å². The molecule has 4 heterocycles. The van der Waals surface area contributed by atoms with E-state index in [1.165, 1.54) is 22.6 Å². The van der Waals surface area contributed by atoms with Crippen LogP contribution in [0.4, 0.5) is 24.5 Å². The molecule has 44 heavy (non-hydrogen) atoms. The Morgan fingerprint density at radius 2 is 1.89 bits per heavy atom. The molecule has 0 radical (unpaired) electrons. The molecule has 3 aromatic heterocycles. The molecule has 0 spiro atoms. The highest BCUT2D eigenvalue weighted by Crippen LogP contribution is 2.34. The van der Waals surface area contributed by atoms with Crippen LogP contribution in [0.1, 0.15) is 34.4 Å². The maximum atomic E-state index is 13.8. The molecule has 0 atom stereocenters. The molecule has 4 aromatic rings. The Morgan fingerprint density at radius 1 is 1.18 bits per heavy atom. The van der Waals surface area contributed by atoms with E-state index < -0.39 is 23.6 Å². The van der Waals surface area contributed by atoms with Crippen LogP contribution in [0.2, 0.25) is 5.02 Å². The SMILES string of the molecule is CCc1c(N2CCN(C(=O)c3ncnc(C)c3O)CC2)c(=O)c2nc(Br)sc2n1CC(=O)Nc1ccc(C(F)(F)F)cc1Cl. The molecule has 1 aromatic carbocycles. The number of aromatic nitrogens is 4. The zero-order valence-electron chi connectivity index (χ0n) is 23.2. The van der Waals surface area contributed by atoms with Crippen LogP contribution in [0.5, 0.6) is 5.75 Å². The first-order valence-electron chi connectivity index (χ1n) is 13.2. The summed E-state index contributed by atoms with van der Waals surface area (Å²) in [6, 6.07) is 2.65. The largest absolute Gasteiger partial charge is 0.504 e. The van der Waals surface area contributed by atoms with Crippen molar-refractivity contribution in [3.8, 4) is 5.75 Å². The summed E-state index contributed by atoms with van der Waals surface area (Å²) < 4.78 is 41.3. The molecule has 0 saturated carbocycles. The average Bonchev–Trinajstić information content (AvgIpc) is 3.38. The third kappa shape index (κ3) is 6.10. The van der Waals surface area contributed by atoms with Crippen LogP contribution in [0.15, 0.2) is 33.2 Å². The number of thiazole rings is 1. The summed E-state index contributed by atoms with van der Waals surface area (Å²) in [7, 11) is 0. The van der Waals surface area contributed by atoms with Gasteiger partial charge in [-0.1, -0.05) is 29.9 Å². The number of amides is 2. The van der Waals surface area contributed by atoms with E-state index >= 15 is 0 Å². The number of piperazine rings is 1. The number of alkyl halides is 3. The molecule has 2 amide bonds. The minimum Gasteiger partial charge on any atom is -0.504 e. The van der Waals surface area contributed by atoms with Crippen LogP contribution < -0.4 is 15.6 Å². The number of hydrogen-bond donors (Lipinski definition) is 2. The number of nitrogens with zero attached hydrogens (tertiary/aromatic N) is 6. The number of aryl methyl sites for hydroxylation is 1. The maximum Gasteiger partial charge on any atom is 0.416 e. The lowest BCUT2D eigenvalue weighted by atomic mass is 10.1. The lowest BCUT2D eigenvalue weighted by Crippen LogP contribution is -2.50. The monoisotopic (exact) mass is 713 g/mol. The number of pyridine rings is 1. The van der Waals surface area contributed by atoms with Gasteiger partial charge in [-0.25, -0.2) is 15.0 Å². The molecule has 1 fully saturated rings. The number of benzene rings is 1. The normalized spacial score (nSPS) is 13.9. The third-order valence-corrected chi connectivity index (χ3v) is 9.00. The summed E-state index contributed by atoms with van der Waals surface area (Å²) in [5.74, 6) is -1.32. The number of hydrogen-bond acceptors (Lipinski definition) is 9. The summed E-state index contributed by atoms with van der Waals surface area (Å²) in [6.07, 6.45) is -3.02. The molecular formula is C27H24BrClF3N7O4S. The number of carbonyl (C=O) groups excluding carboxylic acids is 2. The fourth-order valence-electron chi connectivity index (χ4n) is 5.00. The van der Waals surface area contributed by atoms with Gasteiger partial charge in [-0.2, -0.15) is 13.2 Å². The predicted molar refractivity (Wildman–Crippen MR) is 163 cm³/mol. The molecule has 0 aliphatic carbocycles. The highest BCUT2D eigenvalue weighted by atomic mass is 79.9. The van der Waals surface area contributed by atoms with E-state index in [2.05, 4.69) is 36.2 Å². The van der Waals surface area contributed by atoms with Gasteiger partial charge in [0.15, 0.2) is 15.4 Å². The molecule has 5 rings (SSSR count). The summed E-state index contributed by atoms with van der Waals surface area (Å²) in [4.78, 5) is 56.0. The Labute approximate surface area is 265 Å². The van der Waals surface area contributed by atoms with Gasteiger partial charge in [-0.05, 0) is 47.5 Å². The lowest BCUT2D eigenvalue weighted by Gasteiger charge is -2.37. The molecule has 0 bridgehead atoms. The van der Waals surface area contributed by atoms with E-state index in [1.54, 1.807) is 11.5 Å². The highest BCUT2D eigenvalue weighted by molar-refractivity contribution is 9.11. The number of halogens is 5. The number of carbonyl (C=O) groups is 2. The minimum absolute atomic E-state index is 0.0106. The molecule has 232 valence electrons. The van der Waals surface area contributed by atoms with Gasteiger partial charge in [0.1, 0.15) is 28.9 Å². The zero-order valence-corrected chi connectivity index (χ0v) is 26.4. The van der Waals surface area contributed by atoms with E-state index in [4.69, 9.17) is 11.6 Å². The average molecular weight is 715 g/mol. The summed E-state index contributed by atoms with van der Waals surface area (Å²) in [5.41, 5.74) is -0.0447. The molecule has 1 saturated heterocycles. The summed E-state index contributed by atoms with van der Waals surface area (Å²) >= 11 is 10.5. The quantitative estimate of drug-likeness (QED) is 0.290. The Hall–Kier alpha value is -3.76. The minimum atomic E-state index is -4.59. The fourth-order valence-corrected chi connectivity index (χ4v) is 6.68. The Bertz CT molecular complexity index is 1840. The second-order valence-electron chi connectivity index (χ2n) is 9.86. The third-order valence-electron chi connectivity index (χ3n) is 7.16. The van der Waals surface area contributed by atoms with Gasteiger partial charge < -0.3 is 24.8 Å². The van der Waals surface area contributed by atoms with Crippen LogP contribution in [0, 0.1) is 6.92 Å². The van der Waals surface area contributed by atoms with Crippen molar-refractivity contribution >= 4 is 72.4 Å². The number of fused-ring (bicyclic) bond motifs is 1. The van der Waals surface area contributed by atoms with Gasteiger partial charge >= 0.3 is 6.18 Å².